The van der Waals surface area contributed by atoms with E-state index in [4.69, 9.17) is 9.84 Å². The zero-order valence-corrected chi connectivity index (χ0v) is 12.3. The number of hydrogen-bond donors (Lipinski definition) is 2. The van der Waals surface area contributed by atoms with Crippen LogP contribution < -0.4 is 10.1 Å². The molecule has 2 aromatic rings. The number of anilines is 1. The van der Waals surface area contributed by atoms with Gasteiger partial charge in [-0.2, -0.15) is 0 Å². The highest BCUT2D eigenvalue weighted by Crippen LogP contribution is 2.29. The van der Waals surface area contributed by atoms with Crippen LogP contribution in [0.15, 0.2) is 42.5 Å². The normalized spacial score (nSPS) is 14.4. The van der Waals surface area contributed by atoms with Crippen LogP contribution in [0.2, 0.25) is 0 Å². The molecule has 3 heteroatoms. The molecular formula is C18H21NO2. The van der Waals surface area contributed by atoms with Gasteiger partial charge in [-0.15, -0.1) is 0 Å². The first-order valence-corrected chi connectivity index (χ1v) is 7.48. The van der Waals surface area contributed by atoms with Gasteiger partial charge in [-0.1, -0.05) is 18.2 Å². The van der Waals surface area contributed by atoms with Crippen molar-refractivity contribution in [1.29, 1.82) is 0 Å². The second-order valence-electron chi connectivity index (χ2n) is 5.50. The molecule has 2 aromatic carbocycles. The summed E-state index contributed by atoms with van der Waals surface area (Å²) in [5.41, 5.74) is 4.84. The third kappa shape index (κ3) is 3.19. The third-order valence-corrected chi connectivity index (χ3v) is 3.95. The van der Waals surface area contributed by atoms with E-state index in [1.165, 1.54) is 11.1 Å². The molecule has 0 bridgehead atoms. The van der Waals surface area contributed by atoms with Gasteiger partial charge in [0.05, 0.1) is 6.61 Å². The van der Waals surface area contributed by atoms with Crippen molar-refractivity contribution in [3.05, 3.63) is 59.2 Å². The number of fused-ring (bicyclic) bond motifs is 1. The SMILES string of the molecule is CC(Nc1ccc(CCO)cc1)c1ccc2c(c1)CCO2. The Morgan fingerprint density at radius 3 is 2.76 bits per heavy atom. The molecule has 0 fully saturated rings. The molecule has 1 aliphatic rings. The number of aliphatic hydroxyl groups excluding tert-OH is 1. The molecule has 0 aromatic heterocycles. The Bertz CT molecular complexity index is 607. The van der Waals surface area contributed by atoms with E-state index in [-0.39, 0.29) is 12.6 Å². The van der Waals surface area contributed by atoms with Crippen LogP contribution in [0.5, 0.6) is 5.75 Å². The summed E-state index contributed by atoms with van der Waals surface area (Å²) in [7, 11) is 0. The average molecular weight is 283 g/mol. The molecule has 0 amide bonds. The van der Waals surface area contributed by atoms with Crippen LogP contribution in [0.3, 0.4) is 0 Å². The van der Waals surface area contributed by atoms with Crippen molar-refractivity contribution in [1.82, 2.24) is 0 Å². The minimum absolute atomic E-state index is 0.195. The molecule has 0 saturated heterocycles. The van der Waals surface area contributed by atoms with Crippen LogP contribution in [0, 0.1) is 0 Å². The molecule has 0 saturated carbocycles. The van der Waals surface area contributed by atoms with Gasteiger partial charge in [0.25, 0.3) is 0 Å². The smallest absolute Gasteiger partial charge is 0.122 e. The first-order chi connectivity index (χ1) is 10.3. The van der Waals surface area contributed by atoms with Crippen molar-refractivity contribution in [2.24, 2.45) is 0 Å². The summed E-state index contributed by atoms with van der Waals surface area (Å²) >= 11 is 0. The Labute approximate surface area is 125 Å². The van der Waals surface area contributed by atoms with E-state index < -0.39 is 0 Å². The summed E-state index contributed by atoms with van der Waals surface area (Å²) < 4.78 is 5.55. The fourth-order valence-corrected chi connectivity index (χ4v) is 2.71. The molecular weight excluding hydrogens is 262 g/mol. The highest BCUT2D eigenvalue weighted by atomic mass is 16.5. The van der Waals surface area contributed by atoms with E-state index >= 15 is 0 Å². The number of hydrogen-bond acceptors (Lipinski definition) is 3. The van der Waals surface area contributed by atoms with Crippen LogP contribution in [-0.2, 0) is 12.8 Å². The number of benzene rings is 2. The molecule has 0 spiro atoms. The van der Waals surface area contributed by atoms with Crippen LogP contribution in [0.1, 0.15) is 29.7 Å². The van der Waals surface area contributed by atoms with E-state index in [2.05, 4.69) is 54.7 Å². The fourth-order valence-electron chi connectivity index (χ4n) is 2.71. The average Bonchev–Trinajstić information content (AvgIpc) is 2.97. The maximum absolute atomic E-state index is 8.93. The highest BCUT2D eigenvalue weighted by molar-refractivity contribution is 5.48. The quantitative estimate of drug-likeness (QED) is 0.884. The lowest BCUT2D eigenvalue weighted by molar-refractivity contribution is 0.299. The monoisotopic (exact) mass is 283 g/mol. The summed E-state index contributed by atoms with van der Waals surface area (Å²) in [6.07, 6.45) is 1.71. The van der Waals surface area contributed by atoms with E-state index in [9.17, 15) is 0 Å². The predicted molar refractivity (Wildman–Crippen MR) is 84.9 cm³/mol. The number of rotatable bonds is 5. The van der Waals surface area contributed by atoms with Crippen molar-refractivity contribution in [3.8, 4) is 5.75 Å². The second kappa shape index (κ2) is 6.19. The summed E-state index contributed by atoms with van der Waals surface area (Å²) in [6, 6.07) is 14.9. The van der Waals surface area contributed by atoms with Gasteiger partial charge in [0.1, 0.15) is 5.75 Å². The van der Waals surface area contributed by atoms with Gasteiger partial charge >= 0.3 is 0 Å². The molecule has 0 aliphatic carbocycles. The lowest BCUT2D eigenvalue weighted by Gasteiger charge is -2.17. The van der Waals surface area contributed by atoms with Crippen molar-refractivity contribution < 1.29 is 9.84 Å². The van der Waals surface area contributed by atoms with Gasteiger partial charge < -0.3 is 15.2 Å². The van der Waals surface area contributed by atoms with E-state index in [0.717, 1.165) is 30.0 Å². The predicted octanol–water partition coefficient (Wildman–Crippen LogP) is 3.33. The first-order valence-electron chi connectivity index (χ1n) is 7.48. The van der Waals surface area contributed by atoms with E-state index in [1.807, 2.05) is 0 Å². The van der Waals surface area contributed by atoms with Gasteiger partial charge in [0, 0.05) is 24.8 Å². The zero-order valence-electron chi connectivity index (χ0n) is 12.3. The largest absolute Gasteiger partial charge is 0.493 e. The second-order valence-corrected chi connectivity index (χ2v) is 5.50. The van der Waals surface area contributed by atoms with Crippen molar-refractivity contribution in [2.45, 2.75) is 25.8 Å². The standard InChI is InChI=1S/C18H21NO2/c1-13(15-4-7-18-16(12-15)9-11-21-18)19-17-5-2-14(3-6-17)8-10-20/h2-7,12-13,19-20H,8-11H2,1H3. The molecule has 3 nitrogen and oxygen atoms in total. The Balaban J connectivity index is 1.69. The molecule has 2 N–H and O–H groups in total. The molecule has 1 aliphatic heterocycles. The van der Waals surface area contributed by atoms with Gasteiger partial charge in [0.2, 0.25) is 0 Å². The molecule has 1 heterocycles. The lowest BCUT2D eigenvalue weighted by Crippen LogP contribution is -2.07. The van der Waals surface area contributed by atoms with Crippen molar-refractivity contribution in [3.63, 3.8) is 0 Å². The topological polar surface area (TPSA) is 41.5 Å². The summed E-state index contributed by atoms with van der Waals surface area (Å²) in [6.45, 7) is 3.16. The first kappa shape index (κ1) is 14.0. The number of nitrogens with one attached hydrogen (secondary N) is 1. The van der Waals surface area contributed by atoms with Crippen LogP contribution >= 0.6 is 0 Å². The lowest BCUT2D eigenvalue weighted by atomic mass is 10.0. The van der Waals surface area contributed by atoms with Crippen LogP contribution in [0.25, 0.3) is 0 Å². The Kier molecular flexibility index (Phi) is 4.11. The Morgan fingerprint density at radius 1 is 1.19 bits per heavy atom. The van der Waals surface area contributed by atoms with Crippen molar-refractivity contribution in [2.75, 3.05) is 18.5 Å². The molecule has 0 radical (unpaired) electrons. The zero-order chi connectivity index (χ0) is 14.7. The molecule has 1 atom stereocenters. The maximum Gasteiger partial charge on any atom is 0.122 e. The van der Waals surface area contributed by atoms with Gasteiger partial charge in [-0.25, -0.2) is 0 Å². The minimum atomic E-state index is 0.195. The Morgan fingerprint density at radius 2 is 2.00 bits per heavy atom. The molecule has 110 valence electrons. The maximum atomic E-state index is 8.93. The number of ether oxygens (including phenoxy) is 1. The third-order valence-electron chi connectivity index (χ3n) is 3.95. The molecule has 1 unspecified atom stereocenters. The van der Waals surface area contributed by atoms with Gasteiger partial charge in [0.15, 0.2) is 0 Å². The molecule has 21 heavy (non-hydrogen) atoms. The highest BCUT2D eigenvalue weighted by Gasteiger charge is 2.14. The summed E-state index contributed by atoms with van der Waals surface area (Å²) in [5, 5.41) is 12.4. The van der Waals surface area contributed by atoms with Crippen LogP contribution in [-0.4, -0.2) is 18.3 Å². The molecule has 3 rings (SSSR count). The van der Waals surface area contributed by atoms with Gasteiger partial charge in [-0.05, 0) is 54.3 Å². The summed E-state index contributed by atoms with van der Waals surface area (Å²) in [4.78, 5) is 0. The van der Waals surface area contributed by atoms with Crippen molar-refractivity contribution >= 4 is 5.69 Å². The fraction of sp³-hybridized carbons (Fsp3) is 0.333. The Hall–Kier alpha value is -2.00. The summed E-state index contributed by atoms with van der Waals surface area (Å²) in [5.74, 6) is 1.03. The number of aliphatic hydroxyl groups is 1. The van der Waals surface area contributed by atoms with E-state index in [0.29, 0.717) is 6.42 Å². The van der Waals surface area contributed by atoms with E-state index in [1.54, 1.807) is 0 Å². The van der Waals surface area contributed by atoms with Crippen LogP contribution in [0.4, 0.5) is 5.69 Å². The minimum Gasteiger partial charge on any atom is -0.493 e. The van der Waals surface area contributed by atoms with Gasteiger partial charge in [-0.3, -0.25) is 0 Å².